The van der Waals surface area contributed by atoms with Crippen molar-refractivity contribution in [1.29, 1.82) is 0 Å². The van der Waals surface area contributed by atoms with E-state index in [1.807, 2.05) is 7.05 Å². The molecule has 0 amide bonds. The quantitative estimate of drug-likeness (QED) is 0.591. The Balaban J connectivity index is 2.90. The molecule has 0 heterocycles. The van der Waals surface area contributed by atoms with Crippen LogP contribution >= 0.6 is 11.6 Å². The van der Waals surface area contributed by atoms with Crippen LogP contribution in [-0.4, -0.2) is 19.9 Å². The number of rotatable bonds is 2. The molecule has 0 saturated carbocycles. The molecule has 1 aromatic carbocycles. The van der Waals surface area contributed by atoms with Crippen molar-refractivity contribution in [2.45, 2.75) is 0 Å². The maximum Gasteiger partial charge on any atom is 0.150 e. The predicted molar refractivity (Wildman–Crippen MR) is 57.6 cm³/mol. The lowest BCUT2D eigenvalue weighted by Crippen LogP contribution is -2.04. The maximum absolute atomic E-state index is 10.4. The fourth-order valence-corrected chi connectivity index (χ4v) is 1.17. The zero-order chi connectivity index (χ0) is 10.4. The lowest BCUT2D eigenvalue weighted by Gasteiger charge is -1.96. The van der Waals surface area contributed by atoms with E-state index >= 15 is 0 Å². The van der Waals surface area contributed by atoms with Crippen molar-refractivity contribution in [3.63, 3.8) is 0 Å². The Morgan fingerprint density at radius 2 is 2.36 bits per heavy atom. The number of benzene rings is 1. The van der Waals surface area contributed by atoms with Crippen LogP contribution in [0.2, 0.25) is 5.02 Å². The molecule has 0 saturated heterocycles. The summed E-state index contributed by atoms with van der Waals surface area (Å²) in [4.78, 5) is 10.4. The molecule has 0 aliphatic heterocycles. The van der Waals surface area contributed by atoms with Crippen LogP contribution in [-0.2, 0) is 0 Å². The number of hydrogen-bond acceptors (Lipinski definition) is 2. The third-order valence-electron chi connectivity index (χ3n) is 1.62. The highest BCUT2D eigenvalue weighted by Crippen LogP contribution is 2.15. The summed E-state index contributed by atoms with van der Waals surface area (Å²) in [5.74, 6) is 5.80. The van der Waals surface area contributed by atoms with Crippen LogP contribution in [0.3, 0.4) is 0 Å². The third-order valence-corrected chi connectivity index (χ3v) is 1.93. The van der Waals surface area contributed by atoms with Gasteiger partial charge in [0.15, 0.2) is 0 Å². The first-order chi connectivity index (χ1) is 6.77. The molecule has 14 heavy (non-hydrogen) atoms. The van der Waals surface area contributed by atoms with Gasteiger partial charge in [-0.15, -0.1) is 0 Å². The van der Waals surface area contributed by atoms with Crippen LogP contribution in [0.5, 0.6) is 0 Å². The van der Waals surface area contributed by atoms with Crippen molar-refractivity contribution < 1.29 is 4.79 Å². The molecule has 3 heteroatoms. The maximum atomic E-state index is 10.4. The topological polar surface area (TPSA) is 29.1 Å². The summed E-state index contributed by atoms with van der Waals surface area (Å²) in [5, 5.41) is 3.42. The van der Waals surface area contributed by atoms with E-state index in [2.05, 4.69) is 17.2 Å². The summed E-state index contributed by atoms with van der Waals surface area (Å²) >= 11 is 5.91. The average molecular weight is 208 g/mol. The van der Waals surface area contributed by atoms with Gasteiger partial charge < -0.3 is 5.32 Å². The normalized spacial score (nSPS) is 9.00. The Morgan fingerprint density at radius 3 is 2.93 bits per heavy atom. The molecule has 2 nitrogen and oxygen atoms in total. The number of hydrogen-bond donors (Lipinski definition) is 1. The Morgan fingerprint density at radius 1 is 1.57 bits per heavy atom. The van der Waals surface area contributed by atoms with Crippen molar-refractivity contribution in [3.8, 4) is 11.8 Å². The Kier molecular flexibility index (Phi) is 4.18. The fraction of sp³-hybridized carbons (Fsp3) is 0.182. The molecular weight excluding hydrogens is 198 g/mol. The van der Waals surface area contributed by atoms with Crippen LogP contribution < -0.4 is 5.32 Å². The van der Waals surface area contributed by atoms with Gasteiger partial charge in [-0.05, 0) is 19.2 Å². The summed E-state index contributed by atoms with van der Waals surface area (Å²) in [6.07, 6.45) is 0.761. The second-order valence-corrected chi connectivity index (χ2v) is 3.10. The number of carbonyl (C=O) groups excluding carboxylic acids is 1. The van der Waals surface area contributed by atoms with Crippen molar-refractivity contribution in [2.24, 2.45) is 0 Å². The molecule has 72 valence electrons. The minimum Gasteiger partial charge on any atom is -0.309 e. The molecule has 0 spiro atoms. The summed E-state index contributed by atoms with van der Waals surface area (Å²) in [6, 6.07) is 5.05. The SMILES string of the molecule is CNCC#Cc1ccc(C=O)cc1Cl. The van der Waals surface area contributed by atoms with E-state index < -0.39 is 0 Å². The van der Waals surface area contributed by atoms with Gasteiger partial charge in [-0.25, -0.2) is 0 Å². The fourth-order valence-electron chi connectivity index (χ4n) is 0.934. The van der Waals surface area contributed by atoms with Crippen molar-refractivity contribution in [1.82, 2.24) is 5.32 Å². The minimum absolute atomic E-state index is 0.512. The molecule has 0 aromatic heterocycles. The van der Waals surface area contributed by atoms with Crippen molar-refractivity contribution >= 4 is 17.9 Å². The first kappa shape index (κ1) is 10.8. The summed E-state index contributed by atoms with van der Waals surface area (Å²) in [7, 11) is 1.83. The number of aldehydes is 1. The van der Waals surface area contributed by atoms with Gasteiger partial charge in [0.1, 0.15) is 6.29 Å². The van der Waals surface area contributed by atoms with Crippen molar-refractivity contribution in [3.05, 3.63) is 34.3 Å². The van der Waals surface area contributed by atoms with Gasteiger partial charge in [-0.3, -0.25) is 4.79 Å². The smallest absolute Gasteiger partial charge is 0.150 e. The van der Waals surface area contributed by atoms with Gasteiger partial charge in [0.2, 0.25) is 0 Å². The molecule has 0 aliphatic carbocycles. The van der Waals surface area contributed by atoms with E-state index in [1.54, 1.807) is 18.2 Å². The molecular formula is C11H10ClNO. The molecule has 0 bridgehead atoms. The second kappa shape index (κ2) is 5.43. The average Bonchev–Trinajstić information content (AvgIpc) is 2.20. The predicted octanol–water partition coefficient (Wildman–Crippen LogP) is 1.72. The highest BCUT2D eigenvalue weighted by atomic mass is 35.5. The zero-order valence-electron chi connectivity index (χ0n) is 7.80. The standard InChI is InChI=1S/C11H10ClNO/c1-13-6-2-3-10-5-4-9(8-14)7-11(10)12/h4-5,7-8,13H,6H2,1H3. The molecule has 0 fully saturated rings. The van der Waals surface area contributed by atoms with Crippen LogP contribution in [0.15, 0.2) is 18.2 Å². The monoisotopic (exact) mass is 207 g/mol. The molecule has 1 N–H and O–H groups in total. The van der Waals surface area contributed by atoms with E-state index in [-0.39, 0.29) is 0 Å². The minimum atomic E-state index is 0.512. The number of halogens is 1. The van der Waals surface area contributed by atoms with E-state index in [4.69, 9.17) is 11.6 Å². The molecule has 0 unspecified atom stereocenters. The molecule has 0 aliphatic rings. The Labute approximate surface area is 88.3 Å². The van der Waals surface area contributed by atoms with Crippen LogP contribution in [0.4, 0.5) is 0 Å². The lowest BCUT2D eigenvalue weighted by atomic mass is 10.1. The molecule has 0 radical (unpaired) electrons. The van der Waals surface area contributed by atoms with E-state index in [1.165, 1.54) is 0 Å². The molecule has 0 atom stereocenters. The highest BCUT2D eigenvalue weighted by Gasteiger charge is 1.97. The Hall–Kier alpha value is -1.30. The van der Waals surface area contributed by atoms with E-state index in [9.17, 15) is 4.79 Å². The van der Waals surface area contributed by atoms with Gasteiger partial charge in [-0.2, -0.15) is 0 Å². The van der Waals surface area contributed by atoms with Gasteiger partial charge in [-0.1, -0.05) is 29.5 Å². The van der Waals surface area contributed by atoms with Gasteiger partial charge >= 0.3 is 0 Å². The van der Waals surface area contributed by atoms with Crippen LogP contribution in [0, 0.1) is 11.8 Å². The van der Waals surface area contributed by atoms with Crippen molar-refractivity contribution in [2.75, 3.05) is 13.6 Å². The summed E-state index contributed by atoms with van der Waals surface area (Å²) in [5.41, 5.74) is 1.31. The first-order valence-corrected chi connectivity index (χ1v) is 4.54. The van der Waals surface area contributed by atoms with Gasteiger partial charge in [0, 0.05) is 11.1 Å². The molecule has 1 rings (SSSR count). The zero-order valence-corrected chi connectivity index (χ0v) is 8.56. The summed E-state index contributed by atoms with van der Waals surface area (Å²) < 4.78 is 0. The molecule has 1 aromatic rings. The first-order valence-electron chi connectivity index (χ1n) is 4.16. The highest BCUT2D eigenvalue weighted by molar-refractivity contribution is 6.32. The van der Waals surface area contributed by atoms with Crippen LogP contribution in [0.1, 0.15) is 15.9 Å². The van der Waals surface area contributed by atoms with Gasteiger partial charge in [0.25, 0.3) is 0 Å². The largest absolute Gasteiger partial charge is 0.309 e. The van der Waals surface area contributed by atoms with Crippen LogP contribution in [0.25, 0.3) is 0 Å². The third kappa shape index (κ3) is 2.88. The lowest BCUT2D eigenvalue weighted by molar-refractivity contribution is 0.112. The number of nitrogens with one attached hydrogen (secondary N) is 1. The summed E-state index contributed by atoms with van der Waals surface area (Å²) in [6.45, 7) is 0.617. The van der Waals surface area contributed by atoms with Gasteiger partial charge in [0.05, 0.1) is 11.6 Å². The number of carbonyl (C=O) groups is 1. The Bertz CT molecular complexity index is 390. The second-order valence-electron chi connectivity index (χ2n) is 2.69. The van der Waals surface area contributed by atoms with E-state index in [0.29, 0.717) is 17.1 Å². The van der Waals surface area contributed by atoms with E-state index in [0.717, 1.165) is 11.8 Å².